The fourth-order valence-corrected chi connectivity index (χ4v) is 4.21. The molecule has 0 unspecified atom stereocenters. The van der Waals surface area contributed by atoms with Crippen LogP contribution in [-0.2, 0) is 5.75 Å². The quantitative estimate of drug-likeness (QED) is 0.316. The number of halogens is 2. The highest BCUT2D eigenvalue weighted by molar-refractivity contribution is 7.98. The van der Waals surface area contributed by atoms with E-state index in [4.69, 9.17) is 28.5 Å². The van der Waals surface area contributed by atoms with E-state index in [1.54, 1.807) is 17.8 Å². The third-order valence-corrected chi connectivity index (χ3v) is 6.26. The number of hydrogen-bond donors (Lipinski definition) is 0. The van der Waals surface area contributed by atoms with Gasteiger partial charge in [-0.1, -0.05) is 70.9 Å². The Morgan fingerprint density at radius 1 is 0.967 bits per heavy atom. The molecule has 0 fully saturated rings. The molecule has 0 saturated heterocycles. The van der Waals surface area contributed by atoms with Crippen molar-refractivity contribution in [3.8, 4) is 23.1 Å². The number of benzene rings is 3. The summed E-state index contributed by atoms with van der Waals surface area (Å²) in [7, 11) is 0. The average molecular weight is 451 g/mol. The van der Waals surface area contributed by atoms with Gasteiger partial charge in [0, 0.05) is 11.3 Å². The van der Waals surface area contributed by atoms with E-state index in [0.29, 0.717) is 21.4 Å². The van der Waals surface area contributed by atoms with Gasteiger partial charge in [0.15, 0.2) is 11.0 Å². The predicted octanol–water partition coefficient (Wildman–Crippen LogP) is 6.71. The first-order chi connectivity index (χ1) is 14.5. The van der Waals surface area contributed by atoms with Crippen molar-refractivity contribution >= 4 is 35.0 Å². The van der Waals surface area contributed by atoms with Crippen LogP contribution in [0.25, 0.3) is 17.1 Å². The summed E-state index contributed by atoms with van der Waals surface area (Å²) in [6.45, 7) is 2.05. The zero-order chi connectivity index (χ0) is 21.1. The Labute approximate surface area is 189 Å². The lowest BCUT2D eigenvalue weighted by molar-refractivity contribution is 0.886. The van der Waals surface area contributed by atoms with E-state index < -0.39 is 0 Å². The van der Waals surface area contributed by atoms with Gasteiger partial charge in [0.25, 0.3) is 0 Å². The molecule has 0 aliphatic rings. The van der Waals surface area contributed by atoms with Crippen LogP contribution in [0.3, 0.4) is 0 Å². The predicted molar refractivity (Wildman–Crippen MR) is 122 cm³/mol. The summed E-state index contributed by atoms with van der Waals surface area (Å²) in [6, 6.07) is 23.3. The molecule has 0 saturated carbocycles. The van der Waals surface area contributed by atoms with Crippen molar-refractivity contribution in [1.29, 1.82) is 5.26 Å². The third kappa shape index (κ3) is 4.36. The van der Waals surface area contributed by atoms with E-state index in [-0.39, 0.29) is 0 Å². The second kappa shape index (κ2) is 8.93. The van der Waals surface area contributed by atoms with Gasteiger partial charge >= 0.3 is 0 Å². The van der Waals surface area contributed by atoms with E-state index in [9.17, 15) is 0 Å². The first-order valence-corrected chi connectivity index (χ1v) is 10.9. The van der Waals surface area contributed by atoms with E-state index >= 15 is 0 Å². The molecule has 0 spiro atoms. The summed E-state index contributed by atoms with van der Waals surface area (Å²) in [5, 5.41) is 19.6. The topological polar surface area (TPSA) is 54.5 Å². The van der Waals surface area contributed by atoms with Crippen molar-refractivity contribution < 1.29 is 0 Å². The van der Waals surface area contributed by atoms with Gasteiger partial charge in [0.2, 0.25) is 0 Å². The second-order valence-corrected chi connectivity index (χ2v) is 8.46. The molecule has 0 aliphatic carbocycles. The molecular formula is C23H16Cl2N4S. The molecule has 0 bridgehead atoms. The number of nitrogens with zero attached hydrogens (tertiary/aromatic N) is 4. The molecule has 0 amide bonds. The van der Waals surface area contributed by atoms with Gasteiger partial charge in [-0.05, 0) is 48.9 Å². The average Bonchev–Trinajstić information content (AvgIpc) is 3.18. The highest BCUT2D eigenvalue weighted by Crippen LogP contribution is 2.32. The number of aryl methyl sites for hydroxylation is 1. The normalized spacial score (nSPS) is 10.7. The maximum Gasteiger partial charge on any atom is 0.196 e. The third-order valence-electron chi connectivity index (χ3n) is 4.52. The van der Waals surface area contributed by atoms with Crippen LogP contribution < -0.4 is 0 Å². The first-order valence-electron chi connectivity index (χ1n) is 9.15. The van der Waals surface area contributed by atoms with Gasteiger partial charge in [-0.15, -0.1) is 10.2 Å². The lowest BCUT2D eigenvalue weighted by atomic mass is 10.1. The van der Waals surface area contributed by atoms with Crippen LogP contribution in [0, 0.1) is 18.3 Å². The smallest absolute Gasteiger partial charge is 0.196 e. The molecule has 1 heterocycles. The monoisotopic (exact) mass is 450 g/mol. The Kier molecular flexibility index (Phi) is 6.10. The number of hydrogen-bond acceptors (Lipinski definition) is 4. The Hall–Kier alpha value is -2.78. The molecule has 7 heteroatoms. The van der Waals surface area contributed by atoms with Gasteiger partial charge in [-0.2, -0.15) is 5.26 Å². The maximum atomic E-state index is 8.97. The minimum absolute atomic E-state index is 0.473. The van der Waals surface area contributed by atoms with Crippen molar-refractivity contribution in [2.24, 2.45) is 0 Å². The number of nitriles is 1. The van der Waals surface area contributed by atoms with E-state index in [2.05, 4.69) is 22.3 Å². The summed E-state index contributed by atoms with van der Waals surface area (Å²) in [4.78, 5) is 0. The second-order valence-electron chi connectivity index (χ2n) is 6.71. The molecule has 30 heavy (non-hydrogen) atoms. The van der Waals surface area contributed by atoms with Crippen molar-refractivity contribution in [3.05, 3.63) is 93.5 Å². The van der Waals surface area contributed by atoms with Crippen LogP contribution in [0.1, 0.15) is 16.7 Å². The van der Waals surface area contributed by atoms with Gasteiger partial charge < -0.3 is 0 Å². The highest BCUT2D eigenvalue weighted by atomic mass is 35.5. The fourth-order valence-electron chi connectivity index (χ4n) is 3.01. The van der Waals surface area contributed by atoms with Gasteiger partial charge in [0.1, 0.15) is 0 Å². The minimum Gasteiger partial charge on any atom is -0.270 e. The van der Waals surface area contributed by atoms with Crippen LogP contribution in [0.15, 0.2) is 71.9 Å². The van der Waals surface area contributed by atoms with Crippen LogP contribution in [0.4, 0.5) is 0 Å². The lowest BCUT2D eigenvalue weighted by Crippen LogP contribution is -2.00. The number of aromatic nitrogens is 3. The van der Waals surface area contributed by atoms with E-state index in [1.165, 1.54) is 0 Å². The molecule has 1 aromatic heterocycles. The molecule has 0 radical (unpaired) electrons. The summed E-state index contributed by atoms with van der Waals surface area (Å²) in [5.74, 6) is 1.43. The molecule has 148 valence electrons. The summed E-state index contributed by atoms with van der Waals surface area (Å²) in [5.41, 5.74) is 4.69. The fraction of sp³-hybridized carbons (Fsp3) is 0.0870. The van der Waals surface area contributed by atoms with Crippen LogP contribution in [-0.4, -0.2) is 14.8 Å². The zero-order valence-electron chi connectivity index (χ0n) is 16.0. The van der Waals surface area contributed by atoms with Gasteiger partial charge in [-0.3, -0.25) is 4.57 Å². The Morgan fingerprint density at radius 3 is 2.47 bits per heavy atom. The van der Waals surface area contributed by atoms with Crippen LogP contribution in [0.2, 0.25) is 10.0 Å². The standard InChI is InChI=1S/C23H16Cl2N4S/c1-15-3-2-4-18(11-15)22-27-28-23(29(22)19-9-10-20(24)21(25)12-19)30-14-17-7-5-16(13-26)6-8-17/h2-12H,14H2,1H3. The number of thioether (sulfide) groups is 1. The number of rotatable bonds is 5. The molecule has 4 rings (SSSR count). The Morgan fingerprint density at radius 2 is 1.77 bits per heavy atom. The van der Waals surface area contributed by atoms with Crippen LogP contribution >= 0.6 is 35.0 Å². The minimum atomic E-state index is 0.473. The van der Waals surface area contributed by atoms with E-state index in [0.717, 1.165) is 33.4 Å². The molecule has 0 N–H and O–H groups in total. The van der Waals surface area contributed by atoms with Crippen molar-refractivity contribution in [3.63, 3.8) is 0 Å². The molecule has 0 atom stereocenters. The van der Waals surface area contributed by atoms with Crippen molar-refractivity contribution in [1.82, 2.24) is 14.8 Å². The van der Waals surface area contributed by atoms with E-state index in [1.807, 2.05) is 66.1 Å². The lowest BCUT2D eigenvalue weighted by Gasteiger charge is -2.12. The Balaban J connectivity index is 1.74. The molecule has 4 nitrogen and oxygen atoms in total. The largest absolute Gasteiger partial charge is 0.270 e. The molecule has 3 aromatic carbocycles. The molecule has 0 aliphatic heterocycles. The van der Waals surface area contributed by atoms with Gasteiger partial charge in [-0.25, -0.2) is 0 Å². The summed E-state index contributed by atoms with van der Waals surface area (Å²) in [6.07, 6.45) is 0. The Bertz CT molecular complexity index is 1240. The van der Waals surface area contributed by atoms with Crippen LogP contribution in [0.5, 0.6) is 0 Å². The summed E-state index contributed by atoms with van der Waals surface area (Å²) >= 11 is 14.0. The molecular weight excluding hydrogens is 435 g/mol. The van der Waals surface area contributed by atoms with Crippen molar-refractivity contribution in [2.75, 3.05) is 0 Å². The van der Waals surface area contributed by atoms with Gasteiger partial charge in [0.05, 0.1) is 27.4 Å². The van der Waals surface area contributed by atoms with Crippen molar-refractivity contribution in [2.45, 2.75) is 17.8 Å². The first kappa shape index (κ1) is 20.5. The SMILES string of the molecule is Cc1cccc(-c2nnc(SCc3ccc(C#N)cc3)n2-c2ccc(Cl)c(Cl)c2)c1. The highest BCUT2D eigenvalue weighted by Gasteiger charge is 2.17. The maximum absolute atomic E-state index is 8.97. The zero-order valence-corrected chi connectivity index (χ0v) is 18.3. The molecule has 4 aromatic rings. The summed E-state index contributed by atoms with van der Waals surface area (Å²) < 4.78 is 1.99.